The van der Waals surface area contributed by atoms with E-state index in [2.05, 4.69) is 21.7 Å². The monoisotopic (exact) mass is 391 g/mol. The van der Waals surface area contributed by atoms with Crippen LogP contribution in [0.4, 0.5) is 0 Å². The molecule has 0 atom stereocenters. The smallest absolute Gasteiger partial charge is 0.253 e. The van der Waals surface area contributed by atoms with Crippen molar-refractivity contribution < 1.29 is 9.59 Å². The van der Waals surface area contributed by atoms with E-state index in [1.54, 1.807) is 10.7 Å². The normalized spacial score (nSPS) is 14.9. The molecule has 7 nitrogen and oxygen atoms in total. The van der Waals surface area contributed by atoms with Gasteiger partial charge in [-0.2, -0.15) is 0 Å². The predicted molar refractivity (Wildman–Crippen MR) is 110 cm³/mol. The van der Waals surface area contributed by atoms with E-state index in [1.165, 1.54) is 5.56 Å². The topological polar surface area (TPSA) is 80.1 Å². The highest BCUT2D eigenvalue weighted by Gasteiger charge is 2.28. The summed E-state index contributed by atoms with van der Waals surface area (Å²) >= 11 is 0. The van der Waals surface area contributed by atoms with Gasteiger partial charge in [0, 0.05) is 38.2 Å². The maximum atomic E-state index is 12.8. The molecule has 0 unspecified atom stereocenters. The third-order valence-corrected chi connectivity index (χ3v) is 5.56. The summed E-state index contributed by atoms with van der Waals surface area (Å²) in [7, 11) is 1.83. The van der Waals surface area contributed by atoms with Gasteiger partial charge in [-0.05, 0) is 43.5 Å². The lowest BCUT2D eigenvalue weighted by Gasteiger charge is -2.31. The molecule has 2 heterocycles. The maximum Gasteiger partial charge on any atom is 0.253 e. The summed E-state index contributed by atoms with van der Waals surface area (Å²) in [5.41, 5.74) is 4.50. The van der Waals surface area contributed by atoms with Gasteiger partial charge in [0.05, 0.1) is 5.52 Å². The van der Waals surface area contributed by atoms with Crippen LogP contribution in [-0.2, 0) is 18.4 Å². The second-order valence-electron chi connectivity index (χ2n) is 7.69. The zero-order valence-corrected chi connectivity index (χ0v) is 16.8. The Morgan fingerprint density at radius 1 is 1.14 bits per heavy atom. The number of amides is 2. The summed E-state index contributed by atoms with van der Waals surface area (Å²) in [6, 6.07) is 13.6. The zero-order valence-electron chi connectivity index (χ0n) is 16.8. The fourth-order valence-corrected chi connectivity index (χ4v) is 3.86. The van der Waals surface area contributed by atoms with Crippen LogP contribution in [0.2, 0.25) is 0 Å². The molecule has 0 bridgehead atoms. The summed E-state index contributed by atoms with van der Waals surface area (Å²) < 4.78 is 1.68. The van der Waals surface area contributed by atoms with Gasteiger partial charge in [-0.3, -0.25) is 9.59 Å². The van der Waals surface area contributed by atoms with E-state index in [-0.39, 0.29) is 17.7 Å². The van der Waals surface area contributed by atoms with Crippen LogP contribution in [0.5, 0.6) is 0 Å². The van der Waals surface area contributed by atoms with E-state index in [0.717, 1.165) is 11.1 Å². The van der Waals surface area contributed by atoms with Gasteiger partial charge in [0.15, 0.2) is 0 Å². The summed E-state index contributed by atoms with van der Waals surface area (Å²) in [6.45, 7) is 3.75. The second-order valence-corrected chi connectivity index (χ2v) is 7.69. The number of likely N-dealkylation sites (tertiary alicyclic amines) is 1. The lowest BCUT2D eigenvalue weighted by Crippen LogP contribution is -2.42. The Labute approximate surface area is 169 Å². The highest BCUT2D eigenvalue weighted by Crippen LogP contribution is 2.21. The van der Waals surface area contributed by atoms with Crippen molar-refractivity contribution in [1.82, 2.24) is 25.2 Å². The van der Waals surface area contributed by atoms with Crippen molar-refractivity contribution in [3.63, 3.8) is 0 Å². The van der Waals surface area contributed by atoms with Gasteiger partial charge in [0.2, 0.25) is 5.91 Å². The number of aromatic nitrogens is 3. The van der Waals surface area contributed by atoms with Crippen molar-refractivity contribution in [2.75, 3.05) is 13.1 Å². The fourth-order valence-electron chi connectivity index (χ4n) is 3.86. The first-order valence-electron chi connectivity index (χ1n) is 9.93. The minimum atomic E-state index is -0.0497. The Kier molecular flexibility index (Phi) is 5.29. The number of hydrogen-bond donors (Lipinski definition) is 1. The Morgan fingerprint density at radius 2 is 1.93 bits per heavy atom. The lowest BCUT2D eigenvalue weighted by atomic mass is 9.95. The van der Waals surface area contributed by atoms with Gasteiger partial charge in [-0.15, -0.1) is 5.10 Å². The molecule has 1 N–H and O–H groups in total. The van der Waals surface area contributed by atoms with E-state index in [0.29, 0.717) is 43.6 Å². The SMILES string of the molecule is Cc1cccc(CNC(=O)C2CCN(C(=O)c3ccc4c(c3)nnn4C)CC2)c1. The molecular weight excluding hydrogens is 366 g/mol. The molecule has 3 aromatic rings. The van der Waals surface area contributed by atoms with Crippen molar-refractivity contribution in [3.8, 4) is 0 Å². The number of hydrogen-bond acceptors (Lipinski definition) is 4. The molecule has 7 heteroatoms. The van der Waals surface area contributed by atoms with Crippen molar-refractivity contribution in [2.24, 2.45) is 13.0 Å². The first-order chi connectivity index (χ1) is 14.0. The predicted octanol–water partition coefficient (Wildman–Crippen LogP) is 2.45. The van der Waals surface area contributed by atoms with Gasteiger partial charge in [-0.25, -0.2) is 4.68 Å². The average Bonchev–Trinajstić information content (AvgIpc) is 3.12. The number of carbonyl (C=O) groups is 2. The van der Waals surface area contributed by atoms with Crippen molar-refractivity contribution in [3.05, 3.63) is 59.2 Å². The minimum Gasteiger partial charge on any atom is -0.352 e. The van der Waals surface area contributed by atoms with Gasteiger partial charge in [0.25, 0.3) is 5.91 Å². The second kappa shape index (κ2) is 8.03. The van der Waals surface area contributed by atoms with E-state index in [1.807, 2.05) is 49.2 Å². The van der Waals surface area contributed by atoms with Crippen LogP contribution in [0.3, 0.4) is 0 Å². The van der Waals surface area contributed by atoms with E-state index in [9.17, 15) is 9.59 Å². The average molecular weight is 391 g/mol. The maximum absolute atomic E-state index is 12.8. The summed E-state index contributed by atoms with van der Waals surface area (Å²) in [5.74, 6) is 0.00193. The van der Waals surface area contributed by atoms with Crippen LogP contribution in [0.1, 0.15) is 34.3 Å². The van der Waals surface area contributed by atoms with Crippen LogP contribution in [0, 0.1) is 12.8 Å². The fraction of sp³-hybridized carbons (Fsp3) is 0.364. The Hall–Kier alpha value is -3.22. The van der Waals surface area contributed by atoms with Gasteiger partial charge < -0.3 is 10.2 Å². The van der Waals surface area contributed by atoms with Gasteiger partial charge in [-0.1, -0.05) is 35.0 Å². The number of carbonyl (C=O) groups excluding carboxylic acids is 2. The van der Waals surface area contributed by atoms with E-state index in [4.69, 9.17) is 0 Å². The van der Waals surface area contributed by atoms with E-state index >= 15 is 0 Å². The van der Waals surface area contributed by atoms with Crippen LogP contribution < -0.4 is 5.32 Å². The molecule has 1 fully saturated rings. The van der Waals surface area contributed by atoms with Crippen LogP contribution in [0.15, 0.2) is 42.5 Å². The van der Waals surface area contributed by atoms with Gasteiger partial charge >= 0.3 is 0 Å². The lowest BCUT2D eigenvalue weighted by molar-refractivity contribution is -0.126. The summed E-state index contributed by atoms with van der Waals surface area (Å²) in [5, 5.41) is 11.1. The van der Waals surface area contributed by atoms with E-state index < -0.39 is 0 Å². The molecule has 2 aromatic carbocycles. The molecule has 0 aliphatic carbocycles. The Balaban J connectivity index is 1.32. The quantitative estimate of drug-likeness (QED) is 0.741. The first kappa shape index (κ1) is 19.1. The van der Waals surface area contributed by atoms with Crippen LogP contribution in [0.25, 0.3) is 11.0 Å². The number of aryl methyl sites for hydroxylation is 2. The number of benzene rings is 2. The number of nitrogens with one attached hydrogen (secondary N) is 1. The third kappa shape index (κ3) is 4.13. The zero-order chi connectivity index (χ0) is 20.4. The molecule has 2 amide bonds. The molecule has 0 spiro atoms. The molecular formula is C22H25N5O2. The van der Waals surface area contributed by atoms with Crippen LogP contribution in [-0.4, -0.2) is 44.8 Å². The van der Waals surface area contributed by atoms with Crippen molar-refractivity contribution >= 4 is 22.8 Å². The Bertz CT molecular complexity index is 1050. The number of fused-ring (bicyclic) bond motifs is 1. The first-order valence-corrected chi connectivity index (χ1v) is 9.93. The molecule has 0 radical (unpaired) electrons. The molecule has 29 heavy (non-hydrogen) atoms. The number of nitrogens with zero attached hydrogens (tertiary/aromatic N) is 4. The standard InChI is InChI=1S/C22H25N5O2/c1-15-4-3-5-16(12-15)14-23-21(28)17-8-10-27(11-9-17)22(29)18-6-7-20-19(13-18)24-25-26(20)2/h3-7,12-13,17H,8-11,14H2,1-2H3,(H,23,28). The molecule has 4 rings (SSSR count). The third-order valence-electron chi connectivity index (χ3n) is 5.56. The largest absolute Gasteiger partial charge is 0.352 e. The molecule has 0 saturated carbocycles. The number of rotatable bonds is 4. The molecule has 1 aliphatic rings. The molecule has 150 valence electrons. The van der Waals surface area contributed by atoms with Crippen LogP contribution >= 0.6 is 0 Å². The summed E-state index contributed by atoms with van der Waals surface area (Å²) in [6.07, 6.45) is 1.36. The minimum absolute atomic E-state index is 0.0174. The van der Waals surface area contributed by atoms with Crippen molar-refractivity contribution in [2.45, 2.75) is 26.3 Å². The summed E-state index contributed by atoms with van der Waals surface area (Å²) in [4.78, 5) is 27.2. The van der Waals surface area contributed by atoms with Gasteiger partial charge in [0.1, 0.15) is 5.52 Å². The highest BCUT2D eigenvalue weighted by molar-refractivity contribution is 5.97. The highest BCUT2D eigenvalue weighted by atomic mass is 16.2. The number of piperidine rings is 1. The van der Waals surface area contributed by atoms with Crippen molar-refractivity contribution in [1.29, 1.82) is 0 Å². The molecule has 1 saturated heterocycles. The molecule has 1 aromatic heterocycles. The molecule has 1 aliphatic heterocycles. The Morgan fingerprint density at radius 3 is 2.69 bits per heavy atom.